The fraction of sp³-hybridized carbons (Fsp3) is 0.316. The topological polar surface area (TPSA) is 38.3 Å². The molecule has 1 N–H and O–H groups in total. The van der Waals surface area contributed by atoms with Crippen LogP contribution in [0.4, 0.5) is 5.69 Å². The molecule has 3 nitrogen and oxygen atoms in total. The van der Waals surface area contributed by atoms with Crippen molar-refractivity contribution in [1.82, 2.24) is 0 Å². The normalized spacial score (nSPS) is 10.7. The summed E-state index contributed by atoms with van der Waals surface area (Å²) in [5.74, 6) is -0.00497. The molecule has 2 aromatic carbocycles. The van der Waals surface area contributed by atoms with Gasteiger partial charge in [0.05, 0.1) is 27.4 Å². The van der Waals surface area contributed by atoms with Crippen molar-refractivity contribution in [3.8, 4) is 5.75 Å². The molecule has 0 aliphatic heterocycles. The molecule has 1 amide bonds. The zero-order chi connectivity index (χ0) is 19.1. The minimum atomic E-state index is -0.396. The average molecular weight is 435 g/mol. The van der Waals surface area contributed by atoms with E-state index in [4.69, 9.17) is 51.1 Å². The van der Waals surface area contributed by atoms with Crippen LogP contribution in [-0.2, 0) is 0 Å². The van der Waals surface area contributed by atoms with Gasteiger partial charge in [0.25, 0.3) is 5.91 Å². The van der Waals surface area contributed by atoms with E-state index in [1.807, 2.05) is 0 Å². The number of carbonyl (C=O) groups is 1. The van der Waals surface area contributed by atoms with Crippen molar-refractivity contribution in [2.75, 3.05) is 11.9 Å². The fourth-order valence-electron chi connectivity index (χ4n) is 2.32. The van der Waals surface area contributed by atoms with Crippen LogP contribution >= 0.6 is 46.4 Å². The van der Waals surface area contributed by atoms with E-state index in [9.17, 15) is 4.79 Å². The maximum atomic E-state index is 12.5. The second-order valence-electron chi connectivity index (χ2n) is 5.76. The Morgan fingerprint density at radius 3 is 2.31 bits per heavy atom. The number of halogens is 4. The molecule has 0 aliphatic carbocycles. The zero-order valence-electron chi connectivity index (χ0n) is 14.3. The zero-order valence-corrected chi connectivity index (χ0v) is 17.3. The molecule has 0 radical (unpaired) electrons. The second kappa shape index (κ2) is 10.3. The standard InChI is InChI=1S/C19H19Cl4NO2/c1-2-3-4-5-8-26-18-15(22)9-12(10-16(18)23)19(25)24-17-11-13(20)6-7-14(17)21/h6-7,9-11H,2-5,8H2,1H3,(H,24,25). The third kappa shape index (κ3) is 5.95. The first-order chi connectivity index (χ1) is 12.4. The van der Waals surface area contributed by atoms with Gasteiger partial charge in [-0.05, 0) is 36.8 Å². The fourth-order valence-corrected chi connectivity index (χ4v) is 3.25. The molecule has 2 aromatic rings. The van der Waals surface area contributed by atoms with Gasteiger partial charge >= 0.3 is 0 Å². The summed E-state index contributed by atoms with van der Waals surface area (Å²) in [6, 6.07) is 7.85. The summed E-state index contributed by atoms with van der Waals surface area (Å²) >= 11 is 24.5. The van der Waals surface area contributed by atoms with Crippen LogP contribution in [0.3, 0.4) is 0 Å². The van der Waals surface area contributed by atoms with Gasteiger partial charge in [-0.3, -0.25) is 4.79 Å². The molecule has 26 heavy (non-hydrogen) atoms. The summed E-state index contributed by atoms with van der Waals surface area (Å²) in [6.45, 7) is 2.68. The van der Waals surface area contributed by atoms with Crippen LogP contribution in [0, 0.1) is 0 Å². The van der Waals surface area contributed by atoms with Crippen LogP contribution in [0.5, 0.6) is 5.75 Å². The molecular weight excluding hydrogens is 416 g/mol. The Morgan fingerprint density at radius 2 is 1.65 bits per heavy atom. The molecule has 0 spiro atoms. The predicted molar refractivity (Wildman–Crippen MR) is 111 cm³/mol. The Balaban J connectivity index is 2.08. The van der Waals surface area contributed by atoms with E-state index < -0.39 is 5.91 Å². The quantitative estimate of drug-likeness (QED) is 0.436. The van der Waals surface area contributed by atoms with Gasteiger partial charge in [0.1, 0.15) is 0 Å². The summed E-state index contributed by atoms with van der Waals surface area (Å²) in [6.07, 6.45) is 4.33. The first-order valence-electron chi connectivity index (χ1n) is 8.30. The van der Waals surface area contributed by atoms with Gasteiger partial charge in [-0.2, -0.15) is 0 Å². The molecule has 0 saturated carbocycles. The Hall–Kier alpha value is -1.13. The first kappa shape index (κ1) is 21.2. The third-order valence-electron chi connectivity index (χ3n) is 3.68. The summed E-state index contributed by atoms with van der Waals surface area (Å²) in [5, 5.41) is 4.12. The van der Waals surface area contributed by atoms with E-state index in [0.717, 1.165) is 25.7 Å². The summed E-state index contributed by atoms with van der Waals surface area (Å²) in [7, 11) is 0. The summed E-state index contributed by atoms with van der Waals surface area (Å²) in [5.41, 5.74) is 0.710. The lowest BCUT2D eigenvalue weighted by atomic mass is 10.2. The Kier molecular flexibility index (Phi) is 8.36. The van der Waals surface area contributed by atoms with Crippen molar-refractivity contribution in [3.63, 3.8) is 0 Å². The lowest BCUT2D eigenvalue weighted by Gasteiger charge is -2.12. The van der Waals surface area contributed by atoms with Crippen molar-refractivity contribution in [2.24, 2.45) is 0 Å². The van der Waals surface area contributed by atoms with E-state index in [1.165, 1.54) is 12.1 Å². The maximum Gasteiger partial charge on any atom is 0.255 e. The number of anilines is 1. The van der Waals surface area contributed by atoms with E-state index >= 15 is 0 Å². The molecule has 7 heteroatoms. The van der Waals surface area contributed by atoms with E-state index in [1.54, 1.807) is 18.2 Å². The van der Waals surface area contributed by atoms with Gasteiger partial charge in [-0.1, -0.05) is 72.6 Å². The number of carbonyl (C=O) groups excluding carboxylic acids is 1. The average Bonchev–Trinajstić information content (AvgIpc) is 2.59. The number of amides is 1. The first-order valence-corrected chi connectivity index (χ1v) is 9.81. The second-order valence-corrected chi connectivity index (χ2v) is 7.41. The van der Waals surface area contributed by atoms with Gasteiger partial charge in [0.2, 0.25) is 0 Å². The van der Waals surface area contributed by atoms with Crippen molar-refractivity contribution in [2.45, 2.75) is 32.6 Å². The molecule has 0 bridgehead atoms. The lowest BCUT2D eigenvalue weighted by molar-refractivity contribution is 0.102. The Morgan fingerprint density at radius 1 is 0.962 bits per heavy atom. The van der Waals surface area contributed by atoms with Crippen molar-refractivity contribution in [1.29, 1.82) is 0 Å². The van der Waals surface area contributed by atoms with Crippen molar-refractivity contribution in [3.05, 3.63) is 56.0 Å². The number of nitrogens with one attached hydrogen (secondary N) is 1. The van der Waals surface area contributed by atoms with Gasteiger partial charge in [0, 0.05) is 10.6 Å². The molecule has 0 unspecified atom stereocenters. The highest BCUT2D eigenvalue weighted by molar-refractivity contribution is 6.38. The number of benzene rings is 2. The number of rotatable bonds is 8. The van der Waals surface area contributed by atoms with Crippen LogP contribution in [-0.4, -0.2) is 12.5 Å². The molecule has 0 saturated heterocycles. The molecule has 2 rings (SSSR count). The molecule has 0 aromatic heterocycles. The molecular formula is C19H19Cl4NO2. The van der Waals surface area contributed by atoms with E-state index in [2.05, 4.69) is 12.2 Å². The minimum Gasteiger partial charge on any atom is -0.490 e. The Labute approximate surface area is 173 Å². The predicted octanol–water partition coefficient (Wildman–Crippen LogP) is 7.51. The minimum absolute atomic E-state index is 0.287. The van der Waals surface area contributed by atoms with Gasteiger partial charge < -0.3 is 10.1 Å². The van der Waals surface area contributed by atoms with E-state index in [-0.39, 0.29) is 10.0 Å². The van der Waals surface area contributed by atoms with Gasteiger partial charge in [-0.15, -0.1) is 0 Å². The van der Waals surface area contributed by atoms with Crippen LogP contribution < -0.4 is 10.1 Å². The molecule has 0 fully saturated rings. The van der Waals surface area contributed by atoms with Crippen molar-refractivity contribution < 1.29 is 9.53 Å². The number of ether oxygens (including phenoxy) is 1. The highest BCUT2D eigenvalue weighted by Gasteiger charge is 2.15. The smallest absolute Gasteiger partial charge is 0.255 e. The SMILES string of the molecule is CCCCCCOc1c(Cl)cc(C(=O)Nc2cc(Cl)ccc2Cl)cc1Cl. The number of hydrogen-bond acceptors (Lipinski definition) is 2. The highest BCUT2D eigenvalue weighted by Crippen LogP contribution is 2.35. The lowest BCUT2D eigenvalue weighted by Crippen LogP contribution is -2.12. The number of hydrogen-bond donors (Lipinski definition) is 1. The molecule has 0 atom stereocenters. The largest absolute Gasteiger partial charge is 0.490 e. The summed E-state index contributed by atoms with van der Waals surface area (Å²) in [4.78, 5) is 12.5. The molecule has 140 valence electrons. The molecule has 0 aliphatic rings. The Bertz CT molecular complexity index is 757. The van der Waals surface area contributed by atoms with Crippen LogP contribution in [0.15, 0.2) is 30.3 Å². The van der Waals surface area contributed by atoms with Crippen LogP contribution in [0.25, 0.3) is 0 Å². The number of unbranched alkanes of at least 4 members (excludes halogenated alkanes) is 3. The summed E-state index contributed by atoms with van der Waals surface area (Å²) < 4.78 is 5.67. The van der Waals surface area contributed by atoms with Crippen LogP contribution in [0.1, 0.15) is 43.0 Å². The maximum absolute atomic E-state index is 12.5. The van der Waals surface area contributed by atoms with Gasteiger partial charge in [-0.25, -0.2) is 0 Å². The third-order valence-corrected chi connectivity index (χ3v) is 4.81. The van der Waals surface area contributed by atoms with Crippen LogP contribution in [0.2, 0.25) is 20.1 Å². The highest BCUT2D eigenvalue weighted by atomic mass is 35.5. The van der Waals surface area contributed by atoms with E-state index in [0.29, 0.717) is 33.7 Å². The molecule has 0 heterocycles. The monoisotopic (exact) mass is 433 g/mol. The van der Waals surface area contributed by atoms with Crippen molar-refractivity contribution >= 4 is 58.0 Å². The van der Waals surface area contributed by atoms with Gasteiger partial charge in [0.15, 0.2) is 5.75 Å².